The van der Waals surface area contributed by atoms with Crippen LogP contribution < -0.4 is 5.73 Å². The number of aromatic nitrogens is 1. The van der Waals surface area contributed by atoms with Crippen molar-refractivity contribution in [3.63, 3.8) is 0 Å². The van der Waals surface area contributed by atoms with Gasteiger partial charge in [0.2, 0.25) is 0 Å². The maximum atomic E-state index is 5.59. The molecule has 0 spiro atoms. The highest BCUT2D eigenvalue weighted by atomic mass is 16.5. The normalized spacial score (nSPS) is 27.3. The molecule has 0 bridgehead atoms. The summed E-state index contributed by atoms with van der Waals surface area (Å²) in [7, 11) is 0. The summed E-state index contributed by atoms with van der Waals surface area (Å²) in [5.74, 6) is 2.33. The van der Waals surface area contributed by atoms with Gasteiger partial charge in [-0.1, -0.05) is 19.0 Å². The molecule has 0 saturated carbocycles. The van der Waals surface area contributed by atoms with Gasteiger partial charge in [-0.2, -0.15) is 0 Å². The van der Waals surface area contributed by atoms with Crippen LogP contribution in [0.4, 0.5) is 0 Å². The van der Waals surface area contributed by atoms with Gasteiger partial charge in [-0.15, -0.1) is 0 Å². The minimum atomic E-state index is 0.498. The molecule has 0 fully saturated rings. The zero-order valence-corrected chi connectivity index (χ0v) is 8.21. The van der Waals surface area contributed by atoms with Crippen LogP contribution in [0, 0.1) is 5.92 Å². The van der Waals surface area contributed by atoms with Gasteiger partial charge in [0.15, 0.2) is 0 Å². The zero-order chi connectivity index (χ0) is 9.42. The molecule has 1 heterocycles. The Labute approximate surface area is 78.3 Å². The third-order valence-electron chi connectivity index (χ3n) is 2.85. The lowest BCUT2D eigenvalue weighted by molar-refractivity contribution is 0.333. The van der Waals surface area contributed by atoms with Gasteiger partial charge in [0.25, 0.3) is 0 Å². The van der Waals surface area contributed by atoms with Gasteiger partial charge in [-0.25, -0.2) is 0 Å². The topological polar surface area (TPSA) is 52.0 Å². The van der Waals surface area contributed by atoms with E-state index < -0.39 is 0 Å². The van der Waals surface area contributed by atoms with E-state index in [9.17, 15) is 0 Å². The lowest BCUT2D eigenvalue weighted by Gasteiger charge is -2.22. The van der Waals surface area contributed by atoms with Crippen molar-refractivity contribution >= 4 is 0 Å². The lowest BCUT2D eigenvalue weighted by atomic mass is 9.81. The molecule has 1 aliphatic rings. The van der Waals surface area contributed by atoms with Gasteiger partial charge in [-0.3, -0.25) is 0 Å². The predicted molar refractivity (Wildman–Crippen MR) is 50.3 cm³/mol. The molecular formula is C10H16N2O. The Hall–Kier alpha value is -0.830. The minimum Gasteiger partial charge on any atom is -0.361 e. The fraction of sp³-hybridized carbons (Fsp3) is 0.700. The predicted octanol–water partition coefficient (Wildman–Crippen LogP) is 1.82. The van der Waals surface area contributed by atoms with Gasteiger partial charge in [0.05, 0.1) is 0 Å². The lowest BCUT2D eigenvalue weighted by Crippen LogP contribution is -2.15. The van der Waals surface area contributed by atoms with Gasteiger partial charge in [-0.05, 0) is 18.3 Å². The number of fused-ring (bicyclic) bond motifs is 1. The van der Waals surface area contributed by atoms with E-state index in [1.807, 2.05) is 0 Å². The summed E-state index contributed by atoms with van der Waals surface area (Å²) in [6.07, 6.45) is 2.24. The first kappa shape index (κ1) is 8.75. The Balaban J connectivity index is 2.40. The monoisotopic (exact) mass is 180 g/mol. The summed E-state index contributed by atoms with van der Waals surface area (Å²) in [5, 5.41) is 4.00. The van der Waals surface area contributed by atoms with E-state index in [0.29, 0.717) is 18.4 Å². The van der Waals surface area contributed by atoms with Crippen LogP contribution in [0.15, 0.2) is 4.52 Å². The van der Waals surface area contributed by atoms with E-state index in [2.05, 4.69) is 19.0 Å². The number of hydrogen-bond acceptors (Lipinski definition) is 3. The third kappa shape index (κ3) is 1.37. The Bertz CT molecular complexity index is 306. The van der Waals surface area contributed by atoms with E-state index in [1.165, 1.54) is 12.0 Å². The van der Waals surface area contributed by atoms with Crippen molar-refractivity contribution in [1.82, 2.24) is 5.16 Å². The molecule has 0 radical (unpaired) electrons. The highest BCUT2D eigenvalue weighted by Crippen LogP contribution is 2.36. The summed E-state index contributed by atoms with van der Waals surface area (Å²) < 4.78 is 5.29. The number of hydrogen-bond donors (Lipinski definition) is 1. The van der Waals surface area contributed by atoms with Crippen molar-refractivity contribution in [2.75, 3.05) is 0 Å². The molecule has 2 N–H and O–H groups in total. The number of nitrogens with zero attached hydrogens (tertiary/aromatic N) is 1. The van der Waals surface area contributed by atoms with Crippen LogP contribution in [0.3, 0.4) is 0 Å². The Kier molecular flexibility index (Phi) is 2.12. The van der Waals surface area contributed by atoms with E-state index in [-0.39, 0.29) is 0 Å². The molecule has 0 unspecified atom stereocenters. The summed E-state index contributed by atoms with van der Waals surface area (Å²) in [6, 6.07) is 0. The highest BCUT2D eigenvalue weighted by molar-refractivity contribution is 5.29. The molecule has 0 aliphatic heterocycles. The Morgan fingerprint density at radius 1 is 1.54 bits per heavy atom. The van der Waals surface area contributed by atoms with Gasteiger partial charge >= 0.3 is 0 Å². The van der Waals surface area contributed by atoms with Crippen molar-refractivity contribution in [1.29, 1.82) is 0 Å². The molecule has 72 valence electrons. The Morgan fingerprint density at radius 3 is 3.00 bits per heavy atom. The molecule has 1 aliphatic carbocycles. The van der Waals surface area contributed by atoms with E-state index >= 15 is 0 Å². The molecule has 3 nitrogen and oxygen atoms in total. The quantitative estimate of drug-likeness (QED) is 0.717. The molecule has 1 aromatic rings. The first-order valence-electron chi connectivity index (χ1n) is 4.89. The van der Waals surface area contributed by atoms with Crippen molar-refractivity contribution in [3.8, 4) is 0 Å². The second kappa shape index (κ2) is 3.14. The third-order valence-corrected chi connectivity index (χ3v) is 2.85. The van der Waals surface area contributed by atoms with Crippen molar-refractivity contribution in [3.05, 3.63) is 17.0 Å². The van der Waals surface area contributed by atoms with Crippen LogP contribution in [-0.2, 0) is 13.0 Å². The molecule has 13 heavy (non-hydrogen) atoms. The first-order valence-corrected chi connectivity index (χ1v) is 4.89. The van der Waals surface area contributed by atoms with E-state index in [0.717, 1.165) is 17.9 Å². The molecule has 0 aromatic carbocycles. The Morgan fingerprint density at radius 2 is 2.31 bits per heavy atom. The van der Waals surface area contributed by atoms with Crippen LogP contribution in [0.25, 0.3) is 0 Å². The van der Waals surface area contributed by atoms with Gasteiger partial charge in [0, 0.05) is 18.5 Å². The second-order valence-corrected chi connectivity index (χ2v) is 4.12. The largest absolute Gasteiger partial charge is 0.361 e. The summed E-state index contributed by atoms with van der Waals surface area (Å²) in [6.45, 7) is 4.98. The van der Waals surface area contributed by atoms with E-state index in [4.69, 9.17) is 10.3 Å². The fourth-order valence-corrected chi connectivity index (χ4v) is 2.34. The SMILES string of the molecule is C[C@H]1Cc2onc(CN)c2[C@H](C)C1. The zero-order valence-electron chi connectivity index (χ0n) is 8.21. The van der Waals surface area contributed by atoms with Crippen LogP contribution in [-0.4, -0.2) is 5.16 Å². The fourth-order valence-electron chi connectivity index (χ4n) is 2.34. The van der Waals surface area contributed by atoms with Crippen LogP contribution in [0.1, 0.15) is 43.2 Å². The average Bonchev–Trinajstić information content (AvgIpc) is 2.47. The first-order chi connectivity index (χ1) is 6.22. The van der Waals surface area contributed by atoms with Gasteiger partial charge in [0.1, 0.15) is 11.5 Å². The smallest absolute Gasteiger partial charge is 0.140 e. The highest BCUT2D eigenvalue weighted by Gasteiger charge is 2.27. The molecule has 2 atom stereocenters. The maximum absolute atomic E-state index is 5.59. The van der Waals surface area contributed by atoms with Crippen LogP contribution in [0.2, 0.25) is 0 Å². The summed E-state index contributed by atoms with van der Waals surface area (Å²) in [5.41, 5.74) is 7.82. The van der Waals surface area contributed by atoms with Crippen molar-refractivity contribution in [2.45, 2.75) is 39.2 Å². The van der Waals surface area contributed by atoms with Crippen molar-refractivity contribution in [2.24, 2.45) is 11.7 Å². The van der Waals surface area contributed by atoms with Crippen LogP contribution >= 0.6 is 0 Å². The molecule has 3 heteroatoms. The van der Waals surface area contributed by atoms with Crippen molar-refractivity contribution < 1.29 is 4.52 Å². The van der Waals surface area contributed by atoms with E-state index in [1.54, 1.807) is 0 Å². The number of rotatable bonds is 1. The second-order valence-electron chi connectivity index (χ2n) is 4.12. The summed E-state index contributed by atoms with van der Waals surface area (Å²) in [4.78, 5) is 0. The average molecular weight is 180 g/mol. The van der Waals surface area contributed by atoms with Crippen LogP contribution in [0.5, 0.6) is 0 Å². The van der Waals surface area contributed by atoms with Gasteiger partial charge < -0.3 is 10.3 Å². The molecule has 0 amide bonds. The number of nitrogens with two attached hydrogens (primary N) is 1. The molecular weight excluding hydrogens is 164 g/mol. The minimum absolute atomic E-state index is 0.498. The molecule has 0 saturated heterocycles. The summed E-state index contributed by atoms with van der Waals surface area (Å²) >= 11 is 0. The maximum Gasteiger partial charge on any atom is 0.140 e. The standard InChI is InChI=1S/C10H16N2O/c1-6-3-7(2)10-8(5-11)12-13-9(10)4-6/h6-7H,3-5,11H2,1-2H3/t6-,7-/m1/s1. The molecule has 2 rings (SSSR count). The molecule has 1 aromatic heterocycles.